The number of carboxylic acids is 1. The van der Waals surface area contributed by atoms with E-state index in [0.29, 0.717) is 28.9 Å². The molecule has 182 valence electrons. The first kappa shape index (κ1) is 22.9. The zero-order valence-corrected chi connectivity index (χ0v) is 20.4. The smallest absolute Gasteiger partial charge is 0.411 e. The first-order chi connectivity index (χ1) is 15.9. The summed E-state index contributed by atoms with van der Waals surface area (Å²) in [6, 6.07) is -0.941. The fourth-order valence-corrected chi connectivity index (χ4v) is 5.61. The van der Waals surface area contributed by atoms with Crippen LogP contribution in [0.25, 0.3) is 10.8 Å². The lowest BCUT2D eigenvalue weighted by molar-refractivity contribution is -0.151. The number of carbonyl (C=O) groups excluding carboxylic acids is 1. The van der Waals surface area contributed by atoms with Crippen LogP contribution in [0.15, 0.2) is 0 Å². The highest BCUT2D eigenvalue weighted by molar-refractivity contribution is 6.30. The molecule has 3 atom stereocenters. The monoisotopic (exact) mass is 492 g/mol. The van der Waals surface area contributed by atoms with Crippen molar-refractivity contribution in [3.05, 3.63) is 22.2 Å². The highest BCUT2D eigenvalue weighted by atomic mass is 35.5. The molecule has 2 saturated heterocycles. The molecule has 3 aliphatic heterocycles. The first-order valence-electron chi connectivity index (χ1n) is 11.2. The number of amides is 1. The molecule has 0 radical (unpaired) electrons. The van der Waals surface area contributed by atoms with Gasteiger partial charge in [0, 0.05) is 11.1 Å². The largest absolute Gasteiger partial charge is 0.479 e. The van der Waals surface area contributed by atoms with Gasteiger partial charge < -0.3 is 19.5 Å². The minimum atomic E-state index is -1.51. The normalized spacial score (nSPS) is 25.6. The lowest BCUT2D eigenvalue weighted by Gasteiger charge is -2.50. The number of ether oxygens (including phenoxy) is 2. The molecule has 3 aliphatic rings. The van der Waals surface area contributed by atoms with Crippen molar-refractivity contribution in [3.63, 3.8) is 0 Å². The lowest BCUT2D eigenvalue weighted by atomic mass is 9.93. The number of anilines is 1. The Morgan fingerprint density at radius 1 is 1.24 bits per heavy atom. The van der Waals surface area contributed by atoms with Gasteiger partial charge in [0.1, 0.15) is 18.0 Å². The number of aromatic nitrogens is 2. The predicted octanol–water partition coefficient (Wildman–Crippen LogP) is 3.84. The molecule has 2 fully saturated rings. The van der Waals surface area contributed by atoms with Crippen LogP contribution in [0.2, 0.25) is 5.15 Å². The van der Waals surface area contributed by atoms with E-state index in [4.69, 9.17) is 26.1 Å². The zero-order chi connectivity index (χ0) is 24.7. The van der Waals surface area contributed by atoms with Gasteiger partial charge in [-0.3, -0.25) is 4.90 Å². The van der Waals surface area contributed by atoms with E-state index in [0.717, 1.165) is 0 Å². The molecule has 34 heavy (non-hydrogen) atoms. The average Bonchev–Trinajstić information content (AvgIpc) is 2.95. The van der Waals surface area contributed by atoms with Crippen LogP contribution in [-0.4, -0.2) is 68.4 Å². The molecule has 0 aromatic carbocycles. The van der Waals surface area contributed by atoms with E-state index in [2.05, 4.69) is 4.98 Å². The molecule has 2 bridgehead atoms. The summed E-state index contributed by atoms with van der Waals surface area (Å²) in [6.07, 6.45) is 0.0280. The summed E-state index contributed by atoms with van der Waals surface area (Å²) in [6.45, 7) is 8.78. The summed E-state index contributed by atoms with van der Waals surface area (Å²) in [7, 11) is 0. The van der Waals surface area contributed by atoms with E-state index in [-0.39, 0.29) is 36.0 Å². The summed E-state index contributed by atoms with van der Waals surface area (Å²) in [5.41, 5.74) is -1.11. The number of aliphatic carboxylic acids is 1. The van der Waals surface area contributed by atoms with Crippen LogP contribution in [0.5, 0.6) is 5.88 Å². The van der Waals surface area contributed by atoms with Gasteiger partial charge in [-0.25, -0.2) is 19.0 Å². The molecule has 0 unspecified atom stereocenters. The van der Waals surface area contributed by atoms with Gasteiger partial charge in [0.2, 0.25) is 5.88 Å². The van der Waals surface area contributed by atoms with Gasteiger partial charge in [-0.05, 0) is 53.0 Å². The van der Waals surface area contributed by atoms with Crippen molar-refractivity contribution >= 4 is 40.3 Å². The summed E-state index contributed by atoms with van der Waals surface area (Å²) >= 11 is 6.08. The number of pyridine rings is 2. The third-order valence-corrected chi connectivity index (χ3v) is 7.30. The Labute approximate surface area is 200 Å². The number of rotatable bonds is 1. The maximum atomic E-state index is 15.2. The highest BCUT2D eigenvalue weighted by Crippen LogP contribution is 2.49. The summed E-state index contributed by atoms with van der Waals surface area (Å²) in [4.78, 5) is 37.9. The topological polar surface area (TPSA) is 105 Å². The number of aryl methyl sites for hydroxylation is 2. The van der Waals surface area contributed by atoms with Crippen molar-refractivity contribution in [1.29, 1.82) is 0 Å². The third-order valence-electron chi connectivity index (χ3n) is 7.05. The summed E-state index contributed by atoms with van der Waals surface area (Å²) in [5, 5.41) is 10.7. The molecular formula is C23H26ClFN4O5. The van der Waals surface area contributed by atoms with Crippen LogP contribution in [0.1, 0.15) is 44.9 Å². The van der Waals surface area contributed by atoms with Crippen molar-refractivity contribution in [3.8, 4) is 5.88 Å². The number of halogens is 2. The molecule has 9 nitrogen and oxygen atoms in total. The molecule has 2 aromatic rings. The van der Waals surface area contributed by atoms with Crippen LogP contribution in [0.4, 0.5) is 15.0 Å². The van der Waals surface area contributed by atoms with Gasteiger partial charge >= 0.3 is 12.1 Å². The standard InChI is InChI=1S/C23H26ClFN4O5/c1-10-11(2)26-18-15-14(10)16(25)17(24)27-19(15)33-8-13-12-6-7-23(20(30)31,9-28(13)18)29(12)21(32)34-22(3,4)5/h12-13H,6-9H2,1-5H3,(H,30,31)/t12-,13+,23+/m0/s1. The number of hydrogen-bond donors (Lipinski definition) is 1. The van der Waals surface area contributed by atoms with Crippen LogP contribution in [-0.2, 0) is 9.53 Å². The number of carbonyl (C=O) groups is 2. The maximum Gasteiger partial charge on any atom is 0.411 e. The zero-order valence-electron chi connectivity index (χ0n) is 19.6. The first-order valence-corrected chi connectivity index (χ1v) is 11.5. The Balaban J connectivity index is 1.70. The average molecular weight is 493 g/mol. The van der Waals surface area contributed by atoms with Crippen molar-refractivity contribution in [2.75, 3.05) is 18.1 Å². The Morgan fingerprint density at radius 3 is 2.59 bits per heavy atom. The second-order valence-corrected chi connectivity index (χ2v) is 10.6. The quantitative estimate of drug-likeness (QED) is 0.598. The second kappa shape index (κ2) is 7.31. The molecule has 5 rings (SSSR count). The fourth-order valence-electron chi connectivity index (χ4n) is 5.44. The van der Waals surface area contributed by atoms with Crippen molar-refractivity contribution in [2.24, 2.45) is 0 Å². The predicted molar refractivity (Wildman–Crippen MR) is 122 cm³/mol. The Kier molecular flexibility index (Phi) is 4.92. The molecule has 0 spiro atoms. The van der Waals surface area contributed by atoms with Crippen LogP contribution >= 0.6 is 11.6 Å². The number of nitrogens with zero attached hydrogens (tertiary/aromatic N) is 4. The SMILES string of the molecule is Cc1nc2c3c(nc(Cl)c(F)c3c1C)OC[C@@H]1[C@@H]3CC[C@](C(=O)O)(CN21)N3C(=O)OC(C)(C)C. The van der Waals surface area contributed by atoms with E-state index in [9.17, 15) is 14.7 Å². The summed E-state index contributed by atoms with van der Waals surface area (Å²) in [5.74, 6) is -1.26. The van der Waals surface area contributed by atoms with Crippen LogP contribution in [0, 0.1) is 19.7 Å². The number of carboxylic acid groups (broad SMARTS) is 1. The van der Waals surface area contributed by atoms with Crippen molar-refractivity contribution in [2.45, 2.75) is 70.7 Å². The van der Waals surface area contributed by atoms with Gasteiger partial charge in [0.15, 0.2) is 16.5 Å². The lowest BCUT2D eigenvalue weighted by Crippen LogP contribution is -2.71. The van der Waals surface area contributed by atoms with Crippen LogP contribution in [0.3, 0.4) is 0 Å². The molecule has 0 saturated carbocycles. The molecule has 1 amide bonds. The molecule has 5 heterocycles. The highest BCUT2D eigenvalue weighted by Gasteiger charge is 2.63. The Bertz CT molecular complexity index is 1240. The summed E-state index contributed by atoms with van der Waals surface area (Å²) < 4.78 is 26.8. The molecule has 0 aliphatic carbocycles. The van der Waals surface area contributed by atoms with E-state index < -0.39 is 41.1 Å². The van der Waals surface area contributed by atoms with Crippen LogP contribution < -0.4 is 9.64 Å². The minimum absolute atomic E-state index is 0.0413. The van der Waals surface area contributed by atoms with Gasteiger partial charge in [0.05, 0.1) is 24.0 Å². The van der Waals surface area contributed by atoms with Gasteiger partial charge in [-0.2, -0.15) is 4.98 Å². The van der Waals surface area contributed by atoms with Gasteiger partial charge in [-0.15, -0.1) is 0 Å². The van der Waals surface area contributed by atoms with E-state index in [1.54, 1.807) is 34.6 Å². The fraction of sp³-hybridized carbons (Fsp3) is 0.565. The van der Waals surface area contributed by atoms with Crippen molar-refractivity contribution in [1.82, 2.24) is 14.9 Å². The number of hydrogen-bond acceptors (Lipinski definition) is 7. The molecule has 11 heteroatoms. The second-order valence-electron chi connectivity index (χ2n) is 10.2. The number of fused-ring (bicyclic) bond motifs is 5. The molecular weight excluding hydrogens is 467 g/mol. The third kappa shape index (κ3) is 3.10. The van der Waals surface area contributed by atoms with Gasteiger partial charge in [-0.1, -0.05) is 11.6 Å². The minimum Gasteiger partial charge on any atom is -0.479 e. The Morgan fingerprint density at radius 2 is 1.94 bits per heavy atom. The van der Waals surface area contributed by atoms with E-state index in [1.807, 2.05) is 4.90 Å². The molecule has 2 aromatic heterocycles. The van der Waals surface area contributed by atoms with Crippen molar-refractivity contribution < 1.29 is 28.6 Å². The van der Waals surface area contributed by atoms with E-state index >= 15 is 4.39 Å². The Hall–Kier alpha value is -2.88. The number of piperazine rings is 1. The van der Waals surface area contributed by atoms with E-state index in [1.165, 1.54) is 4.90 Å². The van der Waals surface area contributed by atoms with Gasteiger partial charge in [0.25, 0.3) is 0 Å². The molecule has 1 N–H and O–H groups in total. The maximum absolute atomic E-state index is 15.2.